The summed E-state index contributed by atoms with van der Waals surface area (Å²) in [6.07, 6.45) is 2.27. The summed E-state index contributed by atoms with van der Waals surface area (Å²) < 4.78 is 11.2. The zero-order valence-electron chi connectivity index (χ0n) is 12.3. The second-order valence-electron chi connectivity index (χ2n) is 4.67. The predicted octanol–water partition coefficient (Wildman–Crippen LogP) is 6.08. The lowest BCUT2D eigenvalue weighted by atomic mass is 10.1. The summed E-state index contributed by atoms with van der Waals surface area (Å²) in [5, 5.41) is 0.620. The van der Waals surface area contributed by atoms with E-state index in [2.05, 4.69) is 0 Å². The molecule has 0 atom stereocenters. The van der Waals surface area contributed by atoms with Gasteiger partial charge in [0.1, 0.15) is 29.7 Å². The van der Waals surface area contributed by atoms with E-state index < -0.39 is 0 Å². The van der Waals surface area contributed by atoms with Crippen LogP contribution in [0, 0.1) is 0 Å². The van der Waals surface area contributed by atoms with Gasteiger partial charge in [0.25, 0.3) is 0 Å². The first-order valence-corrected chi connectivity index (χ1v) is 8.30. The standard InChI is InChI=1S/C17H12Cl4O3/c18-14-7-13(23-5-4-16(20)21)8-15(19)17(14)24-10-12-3-1-2-11(6-12)9-22/h1-4,6-9H,5,10H2. The highest BCUT2D eigenvalue weighted by atomic mass is 35.5. The first-order valence-electron chi connectivity index (χ1n) is 6.79. The van der Waals surface area contributed by atoms with E-state index in [9.17, 15) is 4.79 Å². The van der Waals surface area contributed by atoms with Crippen molar-refractivity contribution in [3.05, 3.63) is 68.1 Å². The van der Waals surface area contributed by atoms with Crippen molar-refractivity contribution in [1.82, 2.24) is 0 Å². The Labute approximate surface area is 159 Å². The minimum atomic E-state index is 0.115. The molecule has 0 amide bonds. The Morgan fingerprint density at radius 2 is 1.75 bits per heavy atom. The Morgan fingerprint density at radius 1 is 1.04 bits per heavy atom. The van der Waals surface area contributed by atoms with E-state index in [0.29, 0.717) is 27.1 Å². The van der Waals surface area contributed by atoms with Crippen molar-refractivity contribution in [2.45, 2.75) is 6.61 Å². The fourth-order valence-electron chi connectivity index (χ4n) is 1.87. The van der Waals surface area contributed by atoms with Crippen LogP contribution in [0.2, 0.25) is 10.0 Å². The summed E-state index contributed by atoms with van der Waals surface area (Å²) in [7, 11) is 0. The van der Waals surface area contributed by atoms with Gasteiger partial charge in [0.2, 0.25) is 0 Å². The molecule has 0 fully saturated rings. The number of hydrogen-bond acceptors (Lipinski definition) is 3. The van der Waals surface area contributed by atoms with Gasteiger partial charge in [-0.15, -0.1) is 0 Å². The highest BCUT2D eigenvalue weighted by Gasteiger charge is 2.11. The second-order valence-corrected chi connectivity index (χ2v) is 6.49. The van der Waals surface area contributed by atoms with E-state index in [-0.39, 0.29) is 17.7 Å². The smallest absolute Gasteiger partial charge is 0.157 e. The lowest BCUT2D eigenvalue weighted by Gasteiger charge is -2.12. The van der Waals surface area contributed by atoms with E-state index in [4.69, 9.17) is 55.9 Å². The molecule has 0 saturated carbocycles. The summed E-state index contributed by atoms with van der Waals surface area (Å²) in [5.41, 5.74) is 1.40. The quantitative estimate of drug-likeness (QED) is 0.523. The Bertz CT molecular complexity index is 732. The van der Waals surface area contributed by atoms with Gasteiger partial charge in [0, 0.05) is 17.7 Å². The summed E-state index contributed by atoms with van der Waals surface area (Å²) in [4.78, 5) is 10.8. The number of halogens is 4. The van der Waals surface area contributed by atoms with E-state index in [1.165, 1.54) is 6.08 Å². The fourth-order valence-corrected chi connectivity index (χ4v) is 2.57. The number of hydrogen-bond donors (Lipinski definition) is 0. The maximum absolute atomic E-state index is 10.8. The third-order valence-corrected chi connectivity index (χ3v) is 3.80. The zero-order valence-corrected chi connectivity index (χ0v) is 15.3. The van der Waals surface area contributed by atoms with Crippen molar-refractivity contribution in [3.63, 3.8) is 0 Å². The first-order chi connectivity index (χ1) is 11.5. The number of rotatable bonds is 7. The molecule has 0 bridgehead atoms. The first kappa shape index (κ1) is 18.9. The van der Waals surface area contributed by atoms with E-state index >= 15 is 0 Å². The molecule has 2 aromatic carbocycles. The van der Waals surface area contributed by atoms with E-state index in [1.54, 1.807) is 30.3 Å². The molecule has 0 aromatic heterocycles. The summed E-state index contributed by atoms with van der Waals surface area (Å²) in [6.45, 7) is 0.416. The topological polar surface area (TPSA) is 35.5 Å². The van der Waals surface area contributed by atoms with Gasteiger partial charge in [-0.2, -0.15) is 0 Å². The molecular weight excluding hydrogens is 394 g/mol. The van der Waals surface area contributed by atoms with E-state index in [1.807, 2.05) is 6.07 Å². The Morgan fingerprint density at radius 3 is 2.38 bits per heavy atom. The summed E-state index contributed by atoms with van der Waals surface area (Å²) in [6, 6.07) is 10.2. The molecule has 0 unspecified atom stereocenters. The van der Waals surface area contributed by atoms with Gasteiger partial charge in [0.15, 0.2) is 5.75 Å². The molecule has 0 spiro atoms. The van der Waals surface area contributed by atoms with Crippen molar-refractivity contribution in [2.75, 3.05) is 6.61 Å². The molecule has 0 aliphatic heterocycles. The molecule has 0 aliphatic carbocycles. The summed E-state index contributed by atoms with van der Waals surface area (Å²) >= 11 is 23.4. The molecule has 3 nitrogen and oxygen atoms in total. The van der Waals surface area contributed by atoms with Crippen LogP contribution in [-0.2, 0) is 6.61 Å². The van der Waals surface area contributed by atoms with Crippen LogP contribution < -0.4 is 9.47 Å². The molecular formula is C17H12Cl4O3. The molecule has 126 valence electrons. The molecule has 2 aromatic rings. The third-order valence-electron chi connectivity index (χ3n) is 2.93. The Kier molecular flexibility index (Phi) is 7.25. The van der Waals surface area contributed by atoms with Crippen molar-refractivity contribution in [1.29, 1.82) is 0 Å². The van der Waals surface area contributed by atoms with Crippen molar-refractivity contribution < 1.29 is 14.3 Å². The SMILES string of the molecule is O=Cc1cccc(COc2c(Cl)cc(OCC=C(Cl)Cl)cc2Cl)c1. The monoisotopic (exact) mass is 404 g/mol. The van der Waals surface area contributed by atoms with Gasteiger partial charge in [-0.25, -0.2) is 0 Å². The molecule has 0 heterocycles. The highest BCUT2D eigenvalue weighted by Crippen LogP contribution is 2.37. The van der Waals surface area contributed by atoms with Gasteiger partial charge in [-0.1, -0.05) is 64.6 Å². The van der Waals surface area contributed by atoms with Crippen LogP contribution in [0.25, 0.3) is 0 Å². The fraction of sp³-hybridized carbons (Fsp3) is 0.118. The third kappa shape index (κ3) is 5.60. The predicted molar refractivity (Wildman–Crippen MR) is 97.9 cm³/mol. The molecule has 2 rings (SSSR count). The Hall–Kier alpha value is -1.39. The van der Waals surface area contributed by atoms with Gasteiger partial charge in [-0.3, -0.25) is 4.79 Å². The van der Waals surface area contributed by atoms with Crippen LogP contribution in [-0.4, -0.2) is 12.9 Å². The number of benzene rings is 2. The lowest BCUT2D eigenvalue weighted by Crippen LogP contribution is -1.99. The van der Waals surface area contributed by atoms with Gasteiger partial charge >= 0.3 is 0 Å². The van der Waals surface area contributed by atoms with Crippen LogP contribution in [0.15, 0.2) is 47.0 Å². The molecule has 0 radical (unpaired) electrons. The number of ether oxygens (including phenoxy) is 2. The van der Waals surface area contributed by atoms with Crippen LogP contribution >= 0.6 is 46.4 Å². The van der Waals surface area contributed by atoms with E-state index in [0.717, 1.165) is 11.8 Å². The maximum Gasteiger partial charge on any atom is 0.157 e. The normalized spacial score (nSPS) is 10.2. The lowest BCUT2D eigenvalue weighted by molar-refractivity contribution is 0.112. The second kappa shape index (κ2) is 9.19. The minimum Gasteiger partial charge on any atom is -0.489 e. The summed E-state index contributed by atoms with van der Waals surface area (Å²) in [5.74, 6) is 0.805. The number of aldehydes is 1. The van der Waals surface area contributed by atoms with Crippen LogP contribution in [0.4, 0.5) is 0 Å². The maximum atomic E-state index is 10.8. The largest absolute Gasteiger partial charge is 0.489 e. The minimum absolute atomic E-state index is 0.115. The molecule has 7 heteroatoms. The average molecular weight is 406 g/mol. The zero-order chi connectivity index (χ0) is 17.5. The molecule has 24 heavy (non-hydrogen) atoms. The number of carbonyl (C=O) groups excluding carboxylic acids is 1. The van der Waals surface area contributed by atoms with Crippen molar-refractivity contribution in [2.24, 2.45) is 0 Å². The number of carbonyl (C=O) groups is 1. The highest BCUT2D eigenvalue weighted by molar-refractivity contribution is 6.55. The van der Waals surface area contributed by atoms with Crippen molar-refractivity contribution in [3.8, 4) is 11.5 Å². The average Bonchev–Trinajstić information content (AvgIpc) is 2.54. The van der Waals surface area contributed by atoms with Gasteiger partial charge in [0.05, 0.1) is 10.0 Å². The molecule has 0 saturated heterocycles. The van der Waals surface area contributed by atoms with Gasteiger partial charge in [-0.05, 0) is 17.7 Å². The molecule has 0 N–H and O–H groups in total. The van der Waals surface area contributed by atoms with Crippen LogP contribution in [0.1, 0.15) is 15.9 Å². The van der Waals surface area contributed by atoms with Crippen LogP contribution in [0.5, 0.6) is 11.5 Å². The van der Waals surface area contributed by atoms with Crippen molar-refractivity contribution >= 4 is 52.7 Å². The van der Waals surface area contributed by atoms with Crippen LogP contribution in [0.3, 0.4) is 0 Å². The Balaban J connectivity index is 2.07. The molecule has 0 aliphatic rings. The van der Waals surface area contributed by atoms with Gasteiger partial charge < -0.3 is 9.47 Å².